The maximum Gasteiger partial charge on any atom is 0.264 e. The van der Waals surface area contributed by atoms with Crippen molar-refractivity contribution in [3.8, 4) is 0 Å². The number of hydrogen-bond acceptors (Lipinski definition) is 3. The van der Waals surface area contributed by atoms with Gasteiger partial charge in [0.25, 0.3) is 10.0 Å². The lowest BCUT2D eigenvalue weighted by Gasteiger charge is -2.11. The first-order valence-electron chi connectivity index (χ1n) is 5.43. The number of rotatable bonds is 3. The van der Waals surface area contributed by atoms with Crippen molar-refractivity contribution in [3.05, 3.63) is 51.4 Å². The highest BCUT2D eigenvalue weighted by molar-refractivity contribution is 14.1. The molecule has 0 aliphatic carbocycles. The van der Waals surface area contributed by atoms with Crippen LogP contribution in [0.2, 0.25) is 0 Å². The molecule has 0 saturated carbocycles. The Morgan fingerprint density at radius 3 is 2.33 bits per heavy atom. The van der Waals surface area contributed by atoms with Crippen LogP contribution in [0.3, 0.4) is 0 Å². The van der Waals surface area contributed by atoms with Crippen LogP contribution < -0.4 is 10.5 Å². The molecule has 112 valence electrons. The molecule has 2 rings (SSSR count). The molecule has 0 spiro atoms. The van der Waals surface area contributed by atoms with Crippen LogP contribution in [-0.4, -0.2) is 8.42 Å². The normalized spacial score (nSPS) is 11.4. The fraction of sp³-hybridized carbons (Fsp3) is 0. The average molecular weight is 428 g/mol. The second-order valence-corrected chi connectivity index (χ2v) is 6.85. The van der Waals surface area contributed by atoms with E-state index in [0.717, 1.165) is 12.1 Å². The van der Waals surface area contributed by atoms with Crippen molar-refractivity contribution < 1.29 is 21.6 Å². The van der Waals surface area contributed by atoms with Gasteiger partial charge < -0.3 is 5.73 Å². The van der Waals surface area contributed by atoms with Crippen LogP contribution in [0.1, 0.15) is 0 Å². The molecule has 0 saturated heterocycles. The highest BCUT2D eigenvalue weighted by Crippen LogP contribution is 2.26. The number of nitrogens with one attached hydrogen (secondary N) is 1. The van der Waals surface area contributed by atoms with E-state index >= 15 is 0 Å². The highest BCUT2D eigenvalue weighted by atomic mass is 127. The van der Waals surface area contributed by atoms with E-state index in [4.69, 9.17) is 5.73 Å². The lowest BCUT2D eigenvalue weighted by atomic mass is 10.3. The Labute approximate surface area is 132 Å². The van der Waals surface area contributed by atoms with E-state index in [1.54, 1.807) is 22.6 Å². The van der Waals surface area contributed by atoms with Crippen LogP contribution in [0, 0.1) is 21.0 Å². The number of nitrogen functional groups attached to an aromatic ring is 1. The Morgan fingerprint density at radius 1 is 1.05 bits per heavy atom. The lowest BCUT2D eigenvalue weighted by Crippen LogP contribution is -2.16. The standard InChI is InChI=1S/C12H8F3IN2O2S/c13-6-1-2-11(9(16)3-6)18-21(19,20)12-5-10(17)7(14)4-8(12)15/h1-5,18H,17H2. The van der Waals surface area contributed by atoms with Gasteiger partial charge in [-0.15, -0.1) is 0 Å². The Balaban J connectivity index is 2.46. The Kier molecular flexibility index (Phi) is 4.33. The molecule has 4 nitrogen and oxygen atoms in total. The third-order valence-corrected chi connectivity index (χ3v) is 4.79. The van der Waals surface area contributed by atoms with Gasteiger partial charge in [-0.2, -0.15) is 0 Å². The average Bonchev–Trinajstić information content (AvgIpc) is 2.37. The zero-order valence-electron chi connectivity index (χ0n) is 10.2. The number of nitrogens with two attached hydrogens (primary N) is 1. The number of halogens is 4. The zero-order chi connectivity index (χ0) is 15.8. The van der Waals surface area contributed by atoms with E-state index in [-0.39, 0.29) is 9.26 Å². The molecule has 2 aromatic carbocycles. The minimum Gasteiger partial charge on any atom is -0.396 e. The summed E-state index contributed by atoms with van der Waals surface area (Å²) in [6.45, 7) is 0. The van der Waals surface area contributed by atoms with Gasteiger partial charge in [0.1, 0.15) is 22.3 Å². The molecule has 0 radical (unpaired) electrons. The van der Waals surface area contributed by atoms with Gasteiger partial charge in [-0.25, -0.2) is 21.6 Å². The maximum absolute atomic E-state index is 13.6. The van der Waals surface area contributed by atoms with Crippen molar-refractivity contribution >= 4 is 44.0 Å². The van der Waals surface area contributed by atoms with Gasteiger partial charge in [-0.1, -0.05) is 0 Å². The van der Waals surface area contributed by atoms with Gasteiger partial charge in [0.2, 0.25) is 0 Å². The topological polar surface area (TPSA) is 72.2 Å². The molecule has 0 bridgehead atoms. The Bertz CT molecular complexity index is 812. The predicted octanol–water partition coefficient (Wildman–Crippen LogP) is 3.09. The van der Waals surface area contributed by atoms with Crippen molar-refractivity contribution in [1.29, 1.82) is 0 Å². The summed E-state index contributed by atoms with van der Waals surface area (Å²) in [5.74, 6) is -2.87. The summed E-state index contributed by atoms with van der Waals surface area (Å²) in [7, 11) is -4.32. The van der Waals surface area contributed by atoms with E-state index in [1.807, 2.05) is 0 Å². The van der Waals surface area contributed by atoms with Crippen LogP contribution in [-0.2, 0) is 10.0 Å². The van der Waals surface area contributed by atoms with E-state index in [1.165, 1.54) is 6.07 Å². The monoisotopic (exact) mass is 428 g/mol. The minimum absolute atomic E-state index is 0.0688. The minimum atomic E-state index is -4.32. The molecule has 21 heavy (non-hydrogen) atoms. The van der Waals surface area contributed by atoms with Crippen LogP contribution in [0.15, 0.2) is 35.2 Å². The summed E-state index contributed by atoms with van der Waals surface area (Å²) in [5, 5.41) is 0. The largest absolute Gasteiger partial charge is 0.396 e. The number of benzene rings is 2. The second kappa shape index (κ2) is 5.72. The molecule has 0 aliphatic heterocycles. The Morgan fingerprint density at radius 2 is 1.71 bits per heavy atom. The molecular formula is C12H8F3IN2O2S. The summed E-state index contributed by atoms with van der Waals surface area (Å²) < 4.78 is 66.2. The van der Waals surface area contributed by atoms with Crippen LogP contribution in [0.4, 0.5) is 24.5 Å². The van der Waals surface area contributed by atoms with Crippen LogP contribution in [0.5, 0.6) is 0 Å². The van der Waals surface area contributed by atoms with Gasteiger partial charge in [-0.05, 0) is 46.9 Å². The van der Waals surface area contributed by atoms with Crippen molar-refractivity contribution in [2.75, 3.05) is 10.5 Å². The van der Waals surface area contributed by atoms with Crippen molar-refractivity contribution in [3.63, 3.8) is 0 Å². The first-order chi connectivity index (χ1) is 9.70. The summed E-state index contributed by atoms with van der Waals surface area (Å²) in [5.41, 5.74) is 4.82. The van der Waals surface area contributed by atoms with Crippen LogP contribution in [0.25, 0.3) is 0 Å². The summed E-state index contributed by atoms with van der Waals surface area (Å²) in [6.07, 6.45) is 0. The summed E-state index contributed by atoms with van der Waals surface area (Å²) in [6, 6.07) is 4.42. The molecule has 0 fully saturated rings. The SMILES string of the molecule is Nc1cc(S(=O)(=O)Nc2ccc(F)cc2I)c(F)cc1F. The fourth-order valence-electron chi connectivity index (χ4n) is 1.52. The maximum atomic E-state index is 13.6. The van der Waals surface area contributed by atoms with Crippen molar-refractivity contribution in [2.45, 2.75) is 4.90 Å². The molecule has 0 amide bonds. The van der Waals surface area contributed by atoms with E-state index < -0.39 is 38.1 Å². The van der Waals surface area contributed by atoms with Crippen molar-refractivity contribution in [2.24, 2.45) is 0 Å². The first kappa shape index (κ1) is 15.9. The predicted molar refractivity (Wildman–Crippen MR) is 80.7 cm³/mol. The van der Waals surface area contributed by atoms with Gasteiger partial charge in [0.05, 0.1) is 11.4 Å². The third kappa shape index (κ3) is 3.40. The summed E-state index contributed by atoms with van der Waals surface area (Å²) >= 11 is 1.72. The molecule has 0 atom stereocenters. The molecule has 0 aromatic heterocycles. The molecule has 3 N–H and O–H groups in total. The van der Waals surface area contributed by atoms with E-state index in [2.05, 4.69) is 4.72 Å². The molecule has 0 heterocycles. The van der Waals surface area contributed by atoms with Crippen LogP contribution >= 0.6 is 22.6 Å². The lowest BCUT2D eigenvalue weighted by molar-refractivity contribution is 0.553. The number of anilines is 2. The fourth-order valence-corrected chi connectivity index (χ4v) is 3.49. The molecular weight excluding hydrogens is 420 g/mol. The molecule has 0 unspecified atom stereocenters. The van der Waals surface area contributed by atoms with Gasteiger partial charge >= 0.3 is 0 Å². The molecule has 2 aromatic rings. The smallest absolute Gasteiger partial charge is 0.264 e. The van der Waals surface area contributed by atoms with E-state index in [9.17, 15) is 21.6 Å². The van der Waals surface area contributed by atoms with Crippen molar-refractivity contribution in [1.82, 2.24) is 0 Å². The van der Waals surface area contributed by atoms with E-state index in [0.29, 0.717) is 12.1 Å². The number of sulfonamides is 1. The second-order valence-electron chi connectivity index (χ2n) is 4.03. The molecule has 0 aliphatic rings. The first-order valence-corrected chi connectivity index (χ1v) is 7.99. The summed E-state index contributed by atoms with van der Waals surface area (Å²) in [4.78, 5) is -0.790. The quantitative estimate of drug-likeness (QED) is 0.583. The highest BCUT2D eigenvalue weighted by Gasteiger charge is 2.22. The zero-order valence-corrected chi connectivity index (χ0v) is 13.2. The van der Waals surface area contributed by atoms with Gasteiger partial charge in [0, 0.05) is 9.64 Å². The van der Waals surface area contributed by atoms with Gasteiger partial charge in [0.15, 0.2) is 0 Å². The number of hydrogen-bond donors (Lipinski definition) is 2. The third-order valence-electron chi connectivity index (χ3n) is 2.52. The Hall–Kier alpha value is -1.49. The van der Waals surface area contributed by atoms with Gasteiger partial charge in [-0.3, -0.25) is 4.72 Å². The molecule has 9 heteroatoms.